The van der Waals surface area contributed by atoms with Crippen molar-refractivity contribution < 1.29 is 27.5 Å². The van der Waals surface area contributed by atoms with Crippen molar-refractivity contribution in [1.82, 2.24) is 0 Å². The second-order valence-corrected chi connectivity index (χ2v) is 8.45. The van der Waals surface area contributed by atoms with Crippen molar-refractivity contribution in [2.75, 3.05) is 6.54 Å². The summed E-state index contributed by atoms with van der Waals surface area (Å²) in [4.78, 5) is 22.0. The predicted molar refractivity (Wildman–Crippen MR) is 134 cm³/mol. The maximum atomic E-state index is 12.4. The molecule has 3 aromatic carbocycles. The molecule has 0 saturated heterocycles. The zero-order valence-electron chi connectivity index (χ0n) is 20.3. The number of hydrogen-bond donors (Lipinski definition) is 0. The van der Waals surface area contributed by atoms with Crippen LogP contribution < -0.4 is 9.57 Å². The third-order valence-corrected chi connectivity index (χ3v) is 5.25. The highest BCUT2D eigenvalue weighted by Gasteiger charge is 2.30. The van der Waals surface area contributed by atoms with Crippen LogP contribution in [0.25, 0.3) is 0 Å². The Bertz CT molecular complexity index is 1220. The van der Waals surface area contributed by atoms with Crippen LogP contribution in [0.1, 0.15) is 48.9 Å². The Morgan fingerprint density at radius 1 is 0.944 bits per heavy atom. The van der Waals surface area contributed by atoms with Gasteiger partial charge >= 0.3 is 6.36 Å². The Balaban J connectivity index is 1.51. The van der Waals surface area contributed by atoms with Crippen molar-refractivity contribution in [3.05, 3.63) is 95.1 Å². The summed E-state index contributed by atoms with van der Waals surface area (Å²) in [6.45, 7) is 5.99. The minimum absolute atomic E-state index is 0.0436. The van der Waals surface area contributed by atoms with E-state index in [-0.39, 0.29) is 18.1 Å². The van der Waals surface area contributed by atoms with Gasteiger partial charge in [-0.15, -0.1) is 13.2 Å². The molecule has 36 heavy (non-hydrogen) atoms. The number of alkyl halides is 3. The largest absolute Gasteiger partial charge is 0.573 e. The maximum Gasteiger partial charge on any atom is 0.573 e. The van der Waals surface area contributed by atoms with E-state index in [9.17, 15) is 18.0 Å². The van der Waals surface area contributed by atoms with Gasteiger partial charge in [-0.2, -0.15) is 0 Å². The van der Waals surface area contributed by atoms with E-state index in [2.05, 4.69) is 34.8 Å². The van der Waals surface area contributed by atoms with Crippen LogP contribution >= 0.6 is 0 Å². The second kappa shape index (κ2) is 12.2. The fourth-order valence-corrected chi connectivity index (χ4v) is 3.47. The van der Waals surface area contributed by atoms with Gasteiger partial charge in [-0.25, -0.2) is 0 Å². The van der Waals surface area contributed by atoms with Crippen LogP contribution in [0.15, 0.2) is 82.9 Å². The van der Waals surface area contributed by atoms with E-state index in [4.69, 9.17) is 4.84 Å². The molecule has 0 aliphatic rings. The molecule has 0 fully saturated rings. The quantitative estimate of drug-likeness (QED) is 0.231. The van der Waals surface area contributed by atoms with Gasteiger partial charge in [0.15, 0.2) is 11.5 Å². The normalized spacial score (nSPS) is 12.2. The lowest BCUT2D eigenvalue weighted by molar-refractivity contribution is -0.274. The van der Waals surface area contributed by atoms with Gasteiger partial charge in [0, 0.05) is 12.6 Å². The maximum absolute atomic E-state index is 12.4. The molecule has 0 atom stereocenters. The van der Waals surface area contributed by atoms with E-state index < -0.39 is 6.36 Å². The monoisotopic (exact) mass is 496 g/mol. The number of benzene rings is 3. The Morgan fingerprint density at radius 3 is 2.22 bits per heavy atom. The number of ether oxygens (including phenoxy) is 1. The molecule has 8 heteroatoms. The molecule has 0 heterocycles. The minimum Gasteiger partial charge on any atom is -0.406 e. The summed E-state index contributed by atoms with van der Waals surface area (Å²) in [5.74, 6) is 0.566. The summed E-state index contributed by atoms with van der Waals surface area (Å²) in [6, 6.07) is 20.3. The van der Waals surface area contributed by atoms with E-state index in [0.29, 0.717) is 29.4 Å². The smallest absolute Gasteiger partial charge is 0.406 e. The molecule has 3 aromatic rings. The van der Waals surface area contributed by atoms with Gasteiger partial charge < -0.3 is 9.57 Å². The number of Topliss-reactive ketones (excluding diaryl/α,β-unsaturated/α-hetero) is 1. The first kappa shape index (κ1) is 26.7. The molecule has 188 valence electrons. The van der Waals surface area contributed by atoms with Gasteiger partial charge in [0.1, 0.15) is 5.75 Å². The van der Waals surface area contributed by atoms with Crippen molar-refractivity contribution in [2.24, 2.45) is 10.1 Å². The van der Waals surface area contributed by atoms with Crippen molar-refractivity contribution in [1.29, 1.82) is 0 Å². The van der Waals surface area contributed by atoms with E-state index in [1.807, 2.05) is 18.2 Å². The number of oxime groups is 1. The van der Waals surface area contributed by atoms with Crippen LogP contribution in [-0.4, -0.2) is 30.6 Å². The average molecular weight is 497 g/mol. The van der Waals surface area contributed by atoms with Crippen LogP contribution in [0, 0.1) is 0 Å². The standard InChI is InChI=1S/C28H27F3N2O3/c1-19(2)27-7-5-4-6-23(27)16-24(34)18-32-17-21-8-12-26(13-9-21)36-33-20(3)22-10-14-25(15-11-22)35-28(29,30)31/h4-15,17,19H,16,18H2,1-3H3/b32-17?,33-20+. The van der Waals surface area contributed by atoms with Gasteiger partial charge in [-0.3, -0.25) is 9.79 Å². The topological polar surface area (TPSA) is 60.2 Å². The van der Waals surface area contributed by atoms with Crippen molar-refractivity contribution >= 4 is 17.7 Å². The molecule has 0 amide bonds. The molecular formula is C28H27F3N2O3. The number of aliphatic imine (C=N–C) groups is 1. The molecule has 0 bridgehead atoms. The first-order valence-electron chi connectivity index (χ1n) is 11.4. The highest BCUT2D eigenvalue weighted by Crippen LogP contribution is 2.23. The summed E-state index contributed by atoms with van der Waals surface area (Å²) >= 11 is 0. The molecule has 0 saturated carbocycles. The summed E-state index contributed by atoms with van der Waals surface area (Å²) < 4.78 is 40.7. The third-order valence-electron chi connectivity index (χ3n) is 5.25. The zero-order valence-corrected chi connectivity index (χ0v) is 20.3. The Hall–Kier alpha value is -3.94. The van der Waals surface area contributed by atoms with Crippen LogP contribution in [0.5, 0.6) is 11.5 Å². The second-order valence-electron chi connectivity index (χ2n) is 8.45. The fraction of sp³-hybridized carbons (Fsp3) is 0.250. The van der Waals surface area contributed by atoms with Gasteiger partial charge in [0.05, 0.1) is 12.3 Å². The first-order valence-corrected chi connectivity index (χ1v) is 11.4. The lowest BCUT2D eigenvalue weighted by Crippen LogP contribution is -2.17. The van der Waals surface area contributed by atoms with Crippen molar-refractivity contribution in [3.63, 3.8) is 0 Å². The highest BCUT2D eigenvalue weighted by atomic mass is 19.4. The Labute approximate surface area is 208 Å². The lowest BCUT2D eigenvalue weighted by atomic mass is 9.94. The van der Waals surface area contributed by atoms with Gasteiger partial charge in [-0.1, -0.05) is 43.3 Å². The van der Waals surface area contributed by atoms with Gasteiger partial charge in [0.25, 0.3) is 0 Å². The molecule has 0 unspecified atom stereocenters. The lowest BCUT2D eigenvalue weighted by Gasteiger charge is -2.11. The molecule has 5 nitrogen and oxygen atoms in total. The third kappa shape index (κ3) is 8.37. The van der Waals surface area contributed by atoms with Crippen LogP contribution in [-0.2, 0) is 11.2 Å². The molecule has 3 rings (SSSR count). The summed E-state index contributed by atoms with van der Waals surface area (Å²) in [7, 11) is 0. The van der Waals surface area contributed by atoms with E-state index in [1.54, 1.807) is 37.4 Å². The average Bonchev–Trinajstić information content (AvgIpc) is 2.83. The number of halogens is 3. The fourth-order valence-electron chi connectivity index (χ4n) is 3.47. The molecule has 0 radical (unpaired) electrons. The SMILES string of the molecule is C/C(=N\Oc1ccc(C=NCC(=O)Cc2ccccc2C(C)C)cc1)c1ccc(OC(F)(F)F)cc1. The number of carbonyl (C=O) groups is 1. The Kier molecular flexibility index (Phi) is 9.00. The molecule has 0 aliphatic carbocycles. The van der Waals surface area contributed by atoms with Gasteiger partial charge in [-0.05, 0) is 83.6 Å². The van der Waals surface area contributed by atoms with Crippen molar-refractivity contribution in [3.8, 4) is 11.5 Å². The number of rotatable bonds is 10. The minimum atomic E-state index is -4.74. The summed E-state index contributed by atoms with van der Waals surface area (Å²) in [5.41, 5.74) is 4.09. The molecule has 0 aromatic heterocycles. The summed E-state index contributed by atoms with van der Waals surface area (Å²) in [5, 5.41) is 4.02. The van der Waals surface area contributed by atoms with E-state index >= 15 is 0 Å². The van der Waals surface area contributed by atoms with Gasteiger partial charge in [0.2, 0.25) is 0 Å². The van der Waals surface area contributed by atoms with Crippen LogP contribution in [0.3, 0.4) is 0 Å². The van der Waals surface area contributed by atoms with E-state index in [0.717, 1.165) is 11.1 Å². The Morgan fingerprint density at radius 2 is 1.58 bits per heavy atom. The number of hydrogen-bond acceptors (Lipinski definition) is 5. The van der Waals surface area contributed by atoms with Crippen molar-refractivity contribution in [2.45, 2.75) is 39.5 Å². The number of nitrogens with zero attached hydrogens (tertiary/aromatic N) is 2. The number of carbonyl (C=O) groups excluding carboxylic acids is 1. The predicted octanol–water partition coefficient (Wildman–Crippen LogP) is 6.74. The molecule has 0 N–H and O–H groups in total. The van der Waals surface area contributed by atoms with E-state index in [1.165, 1.54) is 29.8 Å². The highest BCUT2D eigenvalue weighted by molar-refractivity contribution is 5.98. The van der Waals surface area contributed by atoms with Crippen LogP contribution in [0.2, 0.25) is 0 Å². The first-order chi connectivity index (χ1) is 17.1. The summed E-state index contributed by atoms with van der Waals surface area (Å²) in [6.07, 6.45) is -2.75. The molecule has 0 spiro atoms. The molecular weight excluding hydrogens is 469 g/mol. The van der Waals surface area contributed by atoms with Crippen LogP contribution in [0.4, 0.5) is 13.2 Å². The number of ketones is 1. The molecule has 0 aliphatic heterocycles. The zero-order chi connectivity index (χ0) is 26.1.